The van der Waals surface area contributed by atoms with Gasteiger partial charge in [-0.3, -0.25) is 0 Å². The van der Waals surface area contributed by atoms with Gasteiger partial charge in [0.15, 0.2) is 11.6 Å². The number of hydrogen-bond donors (Lipinski definition) is 1. The number of phenols is 1. The Hall–Kier alpha value is -0.570. The van der Waals surface area contributed by atoms with Crippen LogP contribution in [0.3, 0.4) is 0 Å². The van der Waals surface area contributed by atoms with Crippen LogP contribution in [0.4, 0.5) is 4.39 Å². The summed E-state index contributed by atoms with van der Waals surface area (Å²) in [5.74, 6) is -0.799. The van der Waals surface area contributed by atoms with E-state index >= 15 is 0 Å². The van der Waals surface area contributed by atoms with E-state index in [1.54, 1.807) is 12.1 Å². The molecule has 0 heterocycles. The van der Waals surface area contributed by atoms with Gasteiger partial charge in [0.25, 0.3) is 0 Å². The molecule has 0 aliphatic carbocycles. The average molecular weight is 233 g/mol. The summed E-state index contributed by atoms with van der Waals surface area (Å²) in [5, 5.41) is 9.19. The molecular formula is C9H10BrFO. The topological polar surface area (TPSA) is 20.2 Å². The van der Waals surface area contributed by atoms with Crippen LogP contribution in [-0.2, 0) is 6.42 Å². The summed E-state index contributed by atoms with van der Waals surface area (Å²) in [6, 6.07) is 3.34. The molecule has 1 rings (SSSR count). The predicted octanol–water partition coefficient (Wildman–Crippen LogP) is 3.25. The third kappa shape index (κ3) is 1.78. The van der Waals surface area contributed by atoms with Crippen molar-refractivity contribution in [1.82, 2.24) is 0 Å². The molecule has 0 aliphatic rings. The lowest BCUT2D eigenvalue weighted by Crippen LogP contribution is -1.90. The summed E-state index contributed by atoms with van der Waals surface area (Å²) in [6.07, 6.45) is 1.53. The Morgan fingerprint density at radius 2 is 2.17 bits per heavy atom. The highest BCUT2D eigenvalue weighted by Crippen LogP contribution is 2.29. The van der Waals surface area contributed by atoms with E-state index in [1.807, 2.05) is 6.92 Å². The normalized spacial score (nSPS) is 10.2. The van der Waals surface area contributed by atoms with Crippen LogP contribution in [0, 0.1) is 5.82 Å². The van der Waals surface area contributed by atoms with Crippen LogP contribution < -0.4 is 0 Å². The summed E-state index contributed by atoms with van der Waals surface area (Å²) >= 11 is 3.04. The highest BCUT2D eigenvalue weighted by Gasteiger charge is 2.09. The van der Waals surface area contributed by atoms with Crippen molar-refractivity contribution in [3.05, 3.63) is 28.0 Å². The van der Waals surface area contributed by atoms with Crippen molar-refractivity contribution in [2.75, 3.05) is 0 Å². The molecule has 0 amide bonds. The third-order valence-electron chi connectivity index (χ3n) is 1.67. The van der Waals surface area contributed by atoms with Gasteiger partial charge < -0.3 is 5.11 Å². The smallest absolute Gasteiger partial charge is 0.169 e. The molecule has 1 aromatic carbocycles. The van der Waals surface area contributed by atoms with Crippen molar-refractivity contribution in [3.63, 3.8) is 0 Å². The third-order valence-corrected chi connectivity index (χ3v) is 2.31. The average Bonchev–Trinajstić information content (AvgIpc) is 2.07. The van der Waals surface area contributed by atoms with Crippen LogP contribution in [-0.4, -0.2) is 5.11 Å². The van der Waals surface area contributed by atoms with E-state index in [1.165, 1.54) is 0 Å². The second kappa shape index (κ2) is 3.90. The summed E-state index contributed by atoms with van der Waals surface area (Å²) in [7, 11) is 0. The molecule has 66 valence electrons. The number of halogens is 2. The molecule has 0 fully saturated rings. The summed E-state index contributed by atoms with van der Waals surface area (Å²) in [6.45, 7) is 1.97. The van der Waals surface area contributed by atoms with Gasteiger partial charge in [-0.25, -0.2) is 4.39 Å². The fourth-order valence-corrected chi connectivity index (χ4v) is 1.35. The van der Waals surface area contributed by atoms with Crippen molar-refractivity contribution in [3.8, 4) is 5.75 Å². The van der Waals surface area contributed by atoms with Gasteiger partial charge in [-0.15, -0.1) is 0 Å². The van der Waals surface area contributed by atoms with E-state index in [0.717, 1.165) is 6.42 Å². The van der Waals surface area contributed by atoms with E-state index < -0.39 is 5.82 Å². The van der Waals surface area contributed by atoms with Gasteiger partial charge in [0, 0.05) is 0 Å². The van der Waals surface area contributed by atoms with E-state index in [9.17, 15) is 9.50 Å². The van der Waals surface area contributed by atoms with E-state index in [4.69, 9.17) is 0 Å². The molecule has 0 unspecified atom stereocenters. The molecule has 0 aromatic heterocycles. The molecule has 1 nitrogen and oxygen atoms in total. The van der Waals surface area contributed by atoms with Gasteiger partial charge in [-0.05, 0) is 34.0 Å². The van der Waals surface area contributed by atoms with Crippen molar-refractivity contribution in [1.29, 1.82) is 0 Å². The summed E-state index contributed by atoms with van der Waals surface area (Å²) in [4.78, 5) is 0. The van der Waals surface area contributed by atoms with Crippen molar-refractivity contribution >= 4 is 15.9 Å². The van der Waals surface area contributed by atoms with Crippen LogP contribution in [0.1, 0.15) is 18.9 Å². The molecule has 0 atom stereocenters. The van der Waals surface area contributed by atoms with Crippen molar-refractivity contribution in [2.24, 2.45) is 0 Å². The molecule has 3 heteroatoms. The zero-order valence-corrected chi connectivity index (χ0v) is 8.36. The van der Waals surface area contributed by atoms with Crippen molar-refractivity contribution in [2.45, 2.75) is 19.8 Å². The molecule has 0 radical (unpaired) electrons. The number of phenolic OH excluding ortho intramolecular Hbond substituents is 1. The maximum atomic E-state index is 13.2. The highest BCUT2D eigenvalue weighted by atomic mass is 79.9. The molecule has 1 N–H and O–H groups in total. The lowest BCUT2D eigenvalue weighted by molar-refractivity contribution is 0.425. The van der Waals surface area contributed by atoms with Crippen LogP contribution >= 0.6 is 15.9 Å². The lowest BCUT2D eigenvalue weighted by Gasteiger charge is -2.04. The SMILES string of the molecule is CCCc1ccc(Br)c(O)c1F. The molecule has 1 aromatic rings. The first-order valence-corrected chi connectivity index (χ1v) is 4.62. The minimum absolute atomic E-state index is 0.291. The largest absolute Gasteiger partial charge is 0.504 e. The number of hydrogen-bond acceptors (Lipinski definition) is 1. The maximum absolute atomic E-state index is 13.2. The Morgan fingerprint density at radius 1 is 1.50 bits per heavy atom. The van der Waals surface area contributed by atoms with Crippen LogP contribution in [0.15, 0.2) is 16.6 Å². The Kier molecular flexibility index (Phi) is 3.09. The van der Waals surface area contributed by atoms with Crippen LogP contribution in [0.2, 0.25) is 0 Å². The molecule has 0 bridgehead atoms. The van der Waals surface area contributed by atoms with Gasteiger partial charge in [0.05, 0.1) is 4.47 Å². The van der Waals surface area contributed by atoms with E-state index in [2.05, 4.69) is 15.9 Å². The van der Waals surface area contributed by atoms with Crippen LogP contribution in [0.5, 0.6) is 5.75 Å². The van der Waals surface area contributed by atoms with E-state index in [0.29, 0.717) is 16.5 Å². The fraction of sp³-hybridized carbons (Fsp3) is 0.333. The zero-order chi connectivity index (χ0) is 9.14. The van der Waals surface area contributed by atoms with Gasteiger partial charge >= 0.3 is 0 Å². The summed E-state index contributed by atoms with van der Waals surface area (Å²) < 4.78 is 13.6. The number of aromatic hydroxyl groups is 1. The predicted molar refractivity (Wildman–Crippen MR) is 49.8 cm³/mol. The monoisotopic (exact) mass is 232 g/mol. The minimum atomic E-state index is -0.508. The number of aryl methyl sites for hydroxylation is 1. The second-order valence-corrected chi connectivity index (χ2v) is 3.47. The zero-order valence-electron chi connectivity index (χ0n) is 6.77. The number of rotatable bonds is 2. The van der Waals surface area contributed by atoms with Crippen LogP contribution in [0.25, 0.3) is 0 Å². The quantitative estimate of drug-likeness (QED) is 0.831. The second-order valence-electron chi connectivity index (χ2n) is 2.62. The molecule has 0 saturated carbocycles. The highest BCUT2D eigenvalue weighted by molar-refractivity contribution is 9.10. The molecule has 12 heavy (non-hydrogen) atoms. The molecular weight excluding hydrogens is 223 g/mol. The van der Waals surface area contributed by atoms with Gasteiger partial charge in [-0.2, -0.15) is 0 Å². The van der Waals surface area contributed by atoms with Crippen molar-refractivity contribution < 1.29 is 9.50 Å². The standard InChI is InChI=1S/C9H10BrFO/c1-2-3-6-4-5-7(10)9(12)8(6)11/h4-5,12H,2-3H2,1H3. The van der Waals surface area contributed by atoms with Gasteiger partial charge in [0.2, 0.25) is 0 Å². The fourth-order valence-electron chi connectivity index (χ4n) is 1.05. The molecule has 0 aliphatic heterocycles. The first-order chi connectivity index (χ1) is 5.66. The molecule has 0 spiro atoms. The molecule has 0 saturated heterocycles. The first-order valence-electron chi connectivity index (χ1n) is 3.82. The number of benzene rings is 1. The minimum Gasteiger partial charge on any atom is -0.504 e. The van der Waals surface area contributed by atoms with Gasteiger partial charge in [-0.1, -0.05) is 19.4 Å². The summed E-state index contributed by atoms with van der Waals surface area (Å²) in [5.41, 5.74) is 0.568. The Balaban J connectivity index is 3.08. The maximum Gasteiger partial charge on any atom is 0.169 e. The Morgan fingerprint density at radius 3 is 2.75 bits per heavy atom. The Labute approximate surface area is 79.4 Å². The van der Waals surface area contributed by atoms with E-state index in [-0.39, 0.29) is 5.75 Å². The van der Waals surface area contributed by atoms with Gasteiger partial charge in [0.1, 0.15) is 0 Å². The Bertz CT molecular complexity index is 286. The first kappa shape index (κ1) is 9.52. The lowest BCUT2D eigenvalue weighted by atomic mass is 10.1.